The Kier molecular flexibility index (Phi) is 10.1. The molecule has 3 aromatic heterocycles. The topological polar surface area (TPSA) is 129 Å². The summed E-state index contributed by atoms with van der Waals surface area (Å²) in [5, 5.41) is 0. The molecular weight excluding hydrogens is 650 g/mol. The van der Waals surface area contributed by atoms with Crippen LogP contribution in [0.4, 0.5) is 4.79 Å². The van der Waals surface area contributed by atoms with E-state index in [4.69, 9.17) is 28.6 Å². The predicted molar refractivity (Wildman–Crippen MR) is 187 cm³/mol. The minimum atomic E-state index is -0.483. The molecule has 2 unspecified atom stereocenters. The van der Waals surface area contributed by atoms with Crippen LogP contribution in [0.1, 0.15) is 35.6 Å². The molecule has 12 heteroatoms. The van der Waals surface area contributed by atoms with Crippen LogP contribution in [0.3, 0.4) is 0 Å². The van der Waals surface area contributed by atoms with Crippen molar-refractivity contribution in [3.63, 3.8) is 0 Å². The van der Waals surface area contributed by atoms with Gasteiger partial charge in [0.15, 0.2) is 5.65 Å². The van der Waals surface area contributed by atoms with E-state index in [1.807, 2.05) is 71.3 Å². The van der Waals surface area contributed by atoms with Crippen molar-refractivity contribution in [2.45, 2.75) is 25.7 Å². The summed E-state index contributed by atoms with van der Waals surface area (Å²) >= 11 is 0. The monoisotopic (exact) mass is 689 g/mol. The molecule has 0 spiro atoms. The van der Waals surface area contributed by atoms with Crippen LogP contribution in [-0.4, -0.2) is 81.7 Å². The van der Waals surface area contributed by atoms with Crippen molar-refractivity contribution in [3.05, 3.63) is 121 Å². The van der Waals surface area contributed by atoms with Crippen LogP contribution in [-0.2, 0) is 31.9 Å². The zero-order valence-electron chi connectivity index (χ0n) is 28.2. The molecule has 5 aromatic rings. The van der Waals surface area contributed by atoms with Gasteiger partial charge in [-0.1, -0.05) is 73.3 Å². The maximum Gasteiger partial charge on any atom is 0.410 e. The van der Waals surface area contributed by atoms with Crippen molar-refractivity contribution in [2.75, 3.05) is 39.6 Å². The highest BCUT2D eigenvalue weighted by molar-refractivity contribution is 5.82. The van der Waals surface area contributed by atoms with Gasteiger partial charge in [-0.15, -0.1) is 0 Å². The highest BCUT2D eigenvalue weighted by atomic mass is 16.7. The average Bonchev–Trinajstić information content (AvgIpc) is 3.99. The van der Waals surface area contributed by atoms with Crippen molar-refractivity contribution >= 4 is 23.6 Å². The Hall–Kier alpha value is -5.91. The molecule has 2 aromatic carbocycles. The molecular formula is C39H39N5O7. The Morgan fingerprint density at radius 2 is 1.59 bits per heavy atom. The number of rotatable bonds is 12. The van der Waals surface area contributed by atoms with Crippen LogP contribution in [0.15, 0.2) is 102 Å². The number of imidazole rings is 1. The Morgan fingerprint density at radius 3 is 2.35 bits per heavy atom. The molecule has 2 aliphatic rings. The number of furan rings is 1. The molecule has 51 heavy (non-hydrogen) atoms. The molecule has 5 heterocycles. The Labute approximate surface area is 295 Å². The minimum absolute atomic E-state index is 0.0667. The molecule has 0 N–H and O–H groups in total. The van der Waals surface area contributed by atoms with E-state index in [0.717, 1.165) is 22.5 Å². The van der Waals surface area contributed by atoms with Gasteiger partial charge in [-0.25, -0.2) is 14.8 Å². The van der Waals surface area contributed by atoms with Gasteiger partial charge in [0.25, 0.3) is 0 Å². The molecule has 0 saturated carbocycles. The van der Waals surface area contributed by atoms with Crippen LogP contribution >= 0.6 is 0 Å². The van der Waals surface area contributed by atoms with E-state index >= 15 is 0 Å². The highest BCUT2D eigenvalue weighted by Crippen LogP contribution is 2.30. The van der Waals surface area contributed by atoms with Crippen molar-refractivity contribution in [3.8, 4) is 17.1 Å². The molecule has 2 amide bonds. The van der Waals surface area contributed by atoms with Crippen molar-refractivity contribution in [1.82, 2.24) is 24.2 Å². The van der Waals surface area contributed by atoms with E-state index in [1.54, 1.807) is 11.2 Å². The number of benzene rings is 2. The van der Waals surface area contributed by atoms with Gasteiger partial charge in [-0.2, -0.15) is 0 Å². The number of ether oxygens (including phenoxy) is 3. The number of nitrogens with zero attached hydrogens (tertiary/aromatic N) is 5. The summed E-state index contributed by atoms with van der Waals surface area (Å²) in [6.45, 7) is 4.77. The fourth-order valence-corrected chi connectivity index (χ4v) is 6.66. The molecule has 2 aliphatic heterocycles. The summed E-state index contributed by atoms with van der Waals surface area (Å²) in [4.78, 5) is 52.0. The van der Waals surface area contributed by atoms with Crippen molar-refractivity contribution in [2.24, 2.45) is 11.8 Å². The fraction of sp³-hybridized carbons (Fsp3) is 0.308. The maximum atomic E-state index is 13.3. The van der Waals surface area contributed by atoms with Crippen molar-refractivity contribution < 1.29 is 33.0 Å². The second kappa shape index (κ2) is 15.3. The predicted octanol–water partition coefficient (Wildman–Crippen LogP) is 5.54. The van der Waals surface area contributed by atoms with Gasteiger partial charge < -0.3 is 28.4 Å². The summed E-state index contributed by atoms with van der Waals surface area (Å²) in [6.07, 6.45) is 6.49. The van der Waals surface area contributed by atoms with Crippen LogP contribution < -0.4 is 4.74 Å². The van der Waals surface area contributed by atoms with Gasteiger partial charge >= 0.3 is 12.1 Å². The molecule has 12 nitrogen and oxygen atoms in total. The Bertz CT molecular complexity index is 1990. The van der Waals surface area contributed by atoms with Gasteiger partial charge in [0, 0.05) is 44.4 Å². The van der Waals surface area contributed by atoms with Crippen LogP contribution in [0.5, 0.6) is 5.88 Å². The standard InChI is InChI=1S/C39H39N5O7/c1-2-19-49-39(47)43-18-15-29(23-43)36(45)42-17-16-30(24-42)38(46)51-26-50-37-33(22-31-14-9-20-48-31)41-35-32(21-27-10-5-3-6-11-27)40-34(25-44(35)37)28-12-7-4-8-13-28/h2-14,20,25,29-30H,1,15-19,21-24,26H2. The van der Waals surface area contributed by atoms with Gasteiger partial charge in [-0.3, -0.25) is 14.0 Å². The second-order valence-corrected chi connectivity index (χ2v) is 12.7. The Balaban J connectivity index is 1.07. The lowest BCUT2D eigenvalue weighted by Gasteiger charge is -2.21. The molecule has 2 atom stereocenters. The smallest absolute Gasteiger partial charge is 0.410 e. The molecule has 2 saturated heterocycles. The summed E-state index contributed by atoms with van der Waals surface area (Å²) < 4.78 is 24.5. The number of likely N-dealkylation sites (tertiary alicyclic amines) is 2. The van der Waals surface area contributed by atoms with Gasteiger partial charge in [-0.05, 0) is 30.5 Å². The molecule has 7 rings (SSSR count). The van der Waals surface area contributed by atoms with Crippen LogP contribution in [0, 0.1) is 11.8 Å². The lowest BCUT2D eigenvalue weighted by atomic mass is 10.1. The zero-order chi connectivity index (χ0) is 35.2. The van der Waals surface area contributed by atoms with Gasteiger partial charge in [0.05, 0.1) is 35.9 Å². The first-order valence-electron chi connectivity index (χ1n) is 17.1. The summed E-state index contributed by atoms with van der Waals surface area (Å²) in [7, 11) is 0. The van der Waals surface area contributed by atoms with E-state index in [9.17, 15) is 14.4 Å². The number of hydrogen-bond acceptors (Lipinski definition) is 9. The van der Waals surface area contributed by atoms with E-state index < -0.39 is 18.0 Å². The van der Waals surface area contributed by atoms with Gasteiger partial charge in [0.2, 0.25) is 18.6 Å². The van der Waals surface area contributed by atoms with E-state index in [0.29, 0.717) is 68.3 Å². The number of amides is 2. The number of carbonyl (C=O) groups is 3. The fourth-order valence-electron chi connectivity index (χ4n) is 6.66. The lowest BCUT2D eigenvalue weighted by molar-refractivity contribution is -0.155. The number of fused-ring (bicyclic) bond motifs is 1. The third kappa shape index (κ3) is 7.64. The summed E-state index contributed by atoms with van der Waals surface area (Å²) in [5.41, 5.74) is 4.78. The zero-order valence-corrected chi connectivity index (χ0v) is 28.2. The molecule has 0 radical (unpaired) electrons. The third-order valence-corrected chi connectivity index (χ3v) is 9.26. The quantitative estimate of drug-likeness (QED) is 0.0942. The SMILES string of the molecule is C=CCOC(=O)N1CCC(C(=O)N2CCC(C(=O)OCOc3c(Cc4ccco4)nc4c(Cc5ccccc5)nc(-c5ccccc5)cn34)C2)C1. The maximum absolute atomic E-state index is 13.3. The molecule has 2 fully saturated rings. The Morgan fingerprint density at radius 1 is 0.843 bits per heavy atom. The first kappa shape index (κ1) is 33.6. The largest absolute Gasteiger partial charge is 0.469 e. The molecule has 0 bridgehead atoms. The first-order valence-corrected chi connectivity index (χ1v) is 17.1. The molecule has 262 valence electrons. The summed E-state index contributed by atoms with van der Waals surface area (Å²) in [5.74, 6) is -0.195. The van der Waals surface area contributed by atoms with Crippen LogP contribution in [0.25, 0.3) is 16.9 Å². The highest BCUT2D eigenvalue weighted by Gasteiger charge is 2.38. The molecule has 0 aliphatic carbocycles. The van der Waals surface area contributed by atoms with Crippen molar-refractivity contribution in [1.29, 1.82) is 0 Å². The number of hydrogen-bond donors (Lipinski definition) is 0. The van der Waals surface area contributed by atoms with E-state index in [1.165, 1.54) is 11.0 Å². The van der Waals surface area contributed by atoms with E-state index in [2.05, 4.69) is 18.7 Å². The van der Waals surface area contributed by atoms with Gasteiger partial charge in [0.1, 0.15) is 18.1 Å². The first-order chi connectivity index (χ1) is 25.0. The third-order valence-electron chi connectivity index (χ3n) is 9.26. The van der Waals surface area contributed by atoms with E-state index in [-0.39, 0.29) is 31.8 Å². The average molecular weight is 690 g/mol. The number of esters is 1. The minimum Gasteiger partial charge on any atom is -0.469 e. The second-order valence-electron chi connectivity index (χ2n) is 12.7. The normalized spacial score (nSPS) is 17.1. The summed E-state index contributed by atoms with van der Waals surface area (Å²) in [6, 6.07) is 23.7. The number of aromatic nitrogens is 3. The lowest BCUT2D eigenvalue weighted by Crippen LogP contribution is -2.37. The van der Waals surface area contributed by atoms with Crippen LogP contribution in [0.2, 0.25) is 0 Å². The number of carbonyl (C=O) groups excluding carboxylic acids is 3.